The van der Waals surface area contributed by atoms with Gasteiger partial charge in [0.2, 0.25) is 5.91 Å². The van der Waals surface area contributed by atoms with Crippen molar-refractivity contribution in [1.29, 1.82) is 0 Å². The normalized spacial score (nSPS) is 14.1. The number of para-hydroxylation sites is 1. The highest BCUT2D eigenvalue weighted by molar-refractivity contribution is 6.22. The first kappa shape index (κ1) is 22.5. The number of aromatic nitrogens is 2. The molecule has 1 aliphatic rings. The van der Waals surface area contributed by atoms with Crippen molar-refractivity contribution in [2.75, 3.05) is 7.05 Å². The number of likely N-dealkylation sites (N-methyl/N-ethyl adjacent to an activating group) is 1. The number of hydrogen-bond donors (Lipinski definition) is 0. The number of rotatable bonds is 6. The second-order valence-corrected chi connectivity index (χ2v) is 8.81. The maximum Gasteiger partial charge on any atom is 0.262 e. The third kappa shape index (κ3) is 3.84. The molecule has 4 rings (SSSR count). The number of aryl methyl sites for hydroxylation is 1. The Morgan fingerprint density at radius 2 is 1.48 bits per heavy atom. The molecule has 0 spiro atoms. The molecule has 33 heavy (non-hydrogen) atoms. The van der Waals surface area contributed by atoms with E-state index in [2.05, 4.69) is 5.10 Å². The van der Waals surface area contributed by atoms with Gasteiger partial charge in [-0.3, -0.25) is 19.3 Å². The molecule has 7 heteroatoms. The van der Waals surface area contributed by atoms with Crippen LogP contribution < -0.4 is 0 Å². The monoisotopic (exact) mass is 444 g/mol. The van der Waals surface area contributed by atoms with E-state index in [-0.39, 0.29) is 11.8 Å². The number of fused-ring (bicyclic) bond motifs is 1. The Labute approximate surface area is 193 Å². The van der Waals surface area contributed by atoms with Gasteiger partial charge in [-0.05, 0) is 44.0 Å². The molecule has 1 aliphatic heterocycles. The van der Waals surface area contributed by atoms with Crippen molar-refractivity contribution in [3.63, 3.8) is 0 Å². The van der Waals surface area contributed by atoms with Crippen molar-refractivity contribution in [1.82, 2.24) is 19.6 Å². The molecule has 1 atom stereocenters. The highest BCUT2D eigenvalue weighted by Gasteiger charge is 2.44. The number of nitrogens with zero attached hydrogens (tertiary/aromatic N) is 4. The molecule has 2 heterocycles. The lowest BCUT2D eigenvalue weighted by Gasteiger charge is -2.32. The number of imide groups is 1. The number of amides is 3. The molecular formula is C26H28N4O3. The van der Waals surface area contributed by atoms with Crippen molar-refractivity contribution < 1.29 is 14.4 Å². The molecular weight excluding hydrogens is 416 g/mol. The zero-order chi connectivity index (χ0) is 23.9. The quantitative estimate of drug-likeness (QED) is 0.543. The molecule has 0 saturated heterocycles. The van der Waals surface area contributed by atoms with Crippen LogP contribution >= 0.6 is 0 Å². The fourth-order valence-electron chi connectivity index (χ4n) is 4.42. The van der Waals surface area contributed by atoms with Gasteiger partial charge in [0, 0.05) is 24.8 Å². The van der Waals surface area contributed by atoms with Crippen LogP contribution in [0.15, 0.2) is 54.6 Å². The fourth-order valence-corrected chi connectivity index (χ4v) is 4.42. The van der Waals surface area contributed by atoms with E-state index in [4.69, 9.17) is 0 Å². The number of hydrogen-bond acceptors (Lipinski definition) is 4. The van der Waals surface area contributed by atoms with Gasteiger partial charge in [0.25, 0.3) is 11.8 Å². The van der Waals surface area contributed by atoms with E-state index < -0.39 is 17.9 Å². The summed E-state index contributed by atoms with van der Waals surface area (Å²) in [4.78, 5) is 42.3. The molecule has 3 aromatic rings. The minimum atomic E-state index is -0.882. The summed E-state index contributed by atoms with van der Waals surface area (Å²) >= 11 is 0. The van der Waals surface area contributed by atoms with Crippen LogP contribution in [0.5, 0.6) is 0 Å². The standard InChI is InChI=1S/C26H28N4O3/c1-16(2)23(29-24(31)20-13-9-10-14-21(20)25(29)32)26(33)28(5)15-22-17(3)27-30(18(22)4)19-11-7-6-8-12-19/h6-14,16,23H,15H2,1-5H3. The SMILES string of the molecule is Cc1nn(-c2ccccc2)c(C)c1CN(C)C(=O)C(C(C)C)N1C(=O)c2ccccc2C1=O. The smallest absolute Gasteiger partial charge is 0.262 e. The maximum atomic E-state index is 13.6. The third-order valence-corrected chi connectivity index (χ3v) is 6.20. The van der Waals surface area contributed by atoms with Crippen LogP contribution in [-0.2, 0) is 11.3 Å². The van der Waals surface area contributed by atoms with Crippen molar-refractivity contribution >= 4 is 17.7 Å². The second-order valence-electron chi connectivity index (χ2n) is 8.81. The maximum absolute atomic E-state index is 13.6. The number of carbonyl (C=O) groups excluding carboxylic acids is 3. The Morgan fingerprint density at radius 3 is 2.03 bits per heavy atom. The van der Waals surface area contributed by atoms with Crippen molar-refractivity contribution in [3.8, 4) is 5.69 Å². The Kier molecular flexibility index (Phi) is 5.89. The first-order valence-electron chi connectivity index (χ1n) is 11.0. The Bertz CT molecular complexity index is 1190. The van der Waals surface area contributed by atoms with Crippen LogP contribution in [0.3, 0.4) is 0 Å². The summed E-state index contributed by atoms with van der Waals surface area (Å²) in [6, 6.07) is 15.7. The average Bonchev–Trinajstić information content (AvgIpc) is 3.22. The molecule has 7 nitrogen and oxygen atoms in total. The molecule has 0 fully saturated rings. The minimum absolute atomic E-state index is 0.239. The van der Waals surface area contributed by atoms with E-state index in [0.717, 1.165) is 27.5 Å². The topological polar surface area (TPSA) is 75.5 Å². The number of carbonyl (C=O) groups is 3. The van der Waals surface area contributed by atoms with E-state index in [1.165, 1.54) is 0 Å². The molecule has 3 amide bonds. The Hall–Kier alpha value is -3.74. The Morgan fingerprint density at radius 1 is 0.939 bits per heavy atom. The summed E-state index contributed by atoms with van der Waals surface area (Å²) < 4.78 is 1.87. The number of benzene rings is 2. The lowest BCUT2D eigenvalue weighted by Crippen LogP contribution is -2.52. The predicted molar refractivity (Wildman–Crippen MR) is 125 cm³/mol. The van der Waals surface area contributed by atoms with Gasteiger partial charge < -0.3 is 4.90 Å². The molecule has 170 valence electrons. The van der Waals surface area contributed by atoms with Gasteiger partial charge in [0.05, 0.1) is 22.5 Å². The van der Waals surface area contributed by atoms with Crippen molar-refractivity contribution in [2.24, 2.45) is 5.92 Å². The minimum Gasteiger partial charge on any atom is -0.339 e. The van der Waals surface area contributed by atoms with Gasteiger partial charge in [-0.15, -0.1) is 0 Å². The summed E-state index contributed by atoms with van der Waals surface area (Å²) in [5.41, 5.74) is 4.36. The molecule has 0 aliphatic carbocycles. The molecule has 1 unspecified atom stereocenters. The molecule has 0 radical (unpaired) electrons. The molecule has 2 aromatic carbocycles. The zero-order valence-electron chi connectivity index (χ0n) is 19.6. The van der Waals surface area contributed by atoms with Crippen LogP contribution in [0.1, 0.15) is 51.5 Å². The van der Waals surface area contributed by atoms with Crippen LogP contribution in [0, 0.1) is 19.8 Å². The van der Waals surface area contributed by atoms with Crippen LogP contribution in [0.4, 0.5) is 0 Å². The second kappa shape index (κ2) is 8.65. The van der Waals surface area contributed by atoms with E-state index in [1.54, 1.807) is 36.2 Å². The summed E-state index contributed by atoms with van der Waals surface area (Å²) in [7, 11) is 1.70. The zero-order valence-corrected chi connectivity index (χ0v) is 19.6. The van der Waals surface area contributed by atoms with E-state index in [1.807, 2.05) is 62.7 Å². The van der Waals surface area contributed by atoms with E-state index >= 15 is 0 Å². The predicted octanol–water partition coefficient (Wildman–Crippen LogP) is 3.77. The van der Waals surface area contributed by atoms with Gasteiger partial charge in [-0.1, -0.05) is 44.2 Å². The first-order chi connectivity index (χ1) is 15.7. The highest BCUT2D eigenvalue weighted by atomic mass is 16.2. The van der Waals surface area contributed by atoms with Gasteiger partial charge in [-0.25, -0.2) is 4.68 Å². The van der Waals surface area contributed by atoms with Crippen LogP contribution in [0.2, 0.25) is 0 Å². The average molecular weight is 445 g/mol. The van der Waals surface area contributed by atoms with Crippen LogP contribution in [0.25, 0.3) is 5.69 Å². The first-order valence-corrected chi connectivity index (χ1v) is 11.0. The summed E-state index contributed by atoms with van der Waals surface area (Å²) in [6.07, 6.45) is 0. The third-order valence-electron chi connectivity index (χ3n) is 6.20. The molecule has 0 N–H and O–H groups in total. The van der Waals surface area contributed by atoms with Gasteiger partial charge in [0.15, 0.2) is 0 Å². The van der Waals surface area contributed by atoms with Gasteiger partial charge >= 0.3 is 0 Å². The summed E-state index contributed by atoms with van der Waals surface area (Å²) in [6.45, 7) is 7.93. The summed E-state index contributed by atoms with van der Waals surface area (Å²) in [5.74, 6) is -1.34. The van der Waals surface area contributed by atoms with E-state index in [0.29, 0.717) is 17.7 Å². The fraction of sp³-hybridized carbons (Fsp3) is 0.308. The van der Waals surface area contributed by atoms with Gasteiger partial charge in [-0.2, -0.15) is 5.10 Å². The molecule has 0 bridgehead atoms. The largest absolute Gasteiger partial charge is 0.339 e. The van der Waals surface area contributed by atoms with Crippen LogP contribution in [-0.4, -0.2) is 50.4 Å². The van der Waals surface area contributed by atoms with E-state index in [9.17, 15) is 14.4 Å². The summed E-state index contributed by atoms with van der Waals surface area (Å²) in [5, 5.41) is 4.66. The van der Waals surface area contributed by atoms with Gasteiger partial charge in [0.1, 0.15) is 6.04 Å². The molecule has 0 saturated carbocycles. The van der Waals surface area contributed by atoms with Crippen molar-refractivity contribution in [3.05, 3.63) is 82.7 Å². The van der Waals surface area contributed by atoms with Crippen molar-refractivity contribution in [2.45, 2.75) is 40.3 Å². The highest BCUT2D eigenvalue weighted by Crippen LogP contribution is 2.28. The Balaban J connectivity index is 1.61. The lowest BCUT2D eigenvalue weighted by molar-refractivity contribution is -0.136. The lowest BCUT2D eigenvalue weighted by atomic mass is 10.0. The molecule has 1 aromatic heterocycles.